The van der Waals surface area contributed by atoms with Gasteiger partial charge in [0.25, 0.3) is 0 Å². The van der Waals surface area contributed by atoms with Crippen LogP contribution >= 0.6 is 0 Å². The molecule has 5 heteroatoms. The van der Waals surface area contributed by atoms with E-state index in [-0.39, 0.29) is 5.91 Å². The molecule has 1 aromatic heterocycles. The van der Waals surface area contributed by atoms with Gasteiger partial charge in [0.05, 0.1) is 18.8 Å². The van der Waals surface area contributed by atoms with Gasteiger partial charge in [0.1, 0.15) is 0 Å². The second-order valence-electron chi connectivity index (χ2n) is 6.14. The molecular formula is C18H30N4O. The molecule has 1 saturated heterocycles. The molecule has 0 saturated carbocycles. The molecule has 0 spiro atoms. The highest BCUT2D eigenvalue weighted by Gasteiger charge is 2.25. The Morgan fingerprint density at radius 1 is 1.26 bits per heavy atom. The second kappa shape index (κ2) is 9.63. The SMILES string of the molecule is CCN(CC)CC(=O)N(Cc1ccccn1)C1CCCNCC1. The van der Waals surface area contributed by atoms with Crippen LogP contribution in [0.25, 0.3) is 0 Å². The van der Waals surface area contributed by atoms with Gasteiger partial charge in [0.15, 0.2) is 0 Å². The lowest BCUT2D eigenvalue weighted by molar-refractivity contribution is -0.135. The minimum absolute atomic E-state index is 0.228. The van der Waals surface area contributed by atoms with E-state index in [9.17, 15) is 4.79 Å². The van der Waals surface area contributed by atoms with E-state index in [1.165, 1.54) is 0 Å². The van der Waals surface area contributed by atoms with Crippen LogP contribution in [0.1, 0.15) is 38.8 Å². The highest BCUT2D eigenvalue weighted by Crippen LogP contribution is 2.17. The van der Waals surface area contributed by atoms with Crippen LogP contribution in [0.15, 0.2) is 24.4 Å². The Morgan fingerprint density at radius 2 is 2.09 bits per heavy atom. The predicted octanol–water partition coefficient (Wildman–Crippen LogP) is 1.89. The summed E-state index contributed by atoms with van der Waals surface area (Å²) in [6.45, 7) is 9.19. The smallest absolute Gasteiger partial charge is 0.237 e. The summed E-state index contributed by atoms with van der Waals surface area (Å²) < 4.78 is 0. The van der Waals surface area contributed by atoms with Crippen LogP contribution in [-0.2, 0) is 11.3 Å². The first-order valence-corrected chi connectivity index (χ1v) is 8.87. The van der Waals surface area contributed by atoms with Gasteiger partial charge < -0.3 is 10.2 Å². The summed E-state index contributed by atoms with van der Waals surface area (Å²) in [5, 5.41) is 3.43. The highest BCUT2D eigenvalue weighted by molar-refractivity contribution is 5.78. The van der Waals surface area contributed by atoms with E-state index in [0.29, 0.717) is 19.1 Å². The second-order valence-corrected chi connectivity index (χ2v) is 6.14. The average Bonchev–Trinajstić information content (AvgIpc) is 2.87. The number of aromatic nitrogens is 1. The fourth-order valence-electron chi connectivity index (χ4n) is 3.13. The fourth-order valence-corrected chi connectivity index (χ4v) is 3.13. The Hall–Kier alpha value is -1.46. The van der Waals surface area contributed by atoms with Gasteiger partial charge in [0, 0.05) is 12.2 Å². The third-order valence-electron chi connectivity index (χ3n) is 4.62. The summed E-state index contributed by atoms with van der Waals surface area (Å²) in [7, 11) is 0. The number of rotatable bonds is 7. The number of amides is 1. The monoisotopic (exact) mass is 318 g/mol. The van der Waals surface area contributed by atoms with Gasteiger partial charge in [-0.25, -0.2) is 0 Å². The maximum atomic E-state index is 12.9. The molecule has 2 rings (SSSR count). The molecule has 0 aromatic carbocycles. The fraction of sp³-hybridized carbons (Fsp3) is 0.667. The lowest BCUT2D eigenvalue weighted by Gasteiger charge is -2.32. The predicted molar refractivity (Wildman–Crippen MR) is 93.1 cm³/mol. The van der Waals surface area contributed by atoms with Crippen molar-refractivity contribution >= 4 is 5.91 Å². The molecule has 1 fully saturated rings. The van der Waals surface area contributed by atoms with Gasteiger partial charge in [-0.1, -0.05) is 19.9 Å². The lowest BCUT2D eigenvalue weighted by Crippen LogP contribution is -2.45. The van der Waals surface area contributed by atoms with Crippen molar-refractivity contribution < 1.29 is 4.79 Å². The third-order valence-corrected chi connectivity index (χ3v) is 4.62. The van der Waals surface area contributed by atoms with E-state index in [1.807, 2.05) is 18.2 Å². The number of hydrogen-bond acceptors (Lipinski definition) is 4. The molecular weight excluding hydrogens is 288 g/mol. The Labute approximate surface area is 140 Å². The van der Waals surface area contributed by atoms with E-state index >= 15 is 0 Å². The normalized spacial score (nSPS) is 18.7. The molecule has 1 aliphatic heterocycles. The minimum atomic E-state index is 0.228. The molecule has 2 heterocycles. The lowest BCUT2D eigenvalue weighted by atomic mass is 10.1. The molecule has 1 N–H and O–H groups in total. The van der Waals surface area contributed by atoms with E-state index in [1.54, 1.807) is 6.20 Å². The summed E-state index contributed by atoms with van der Waals surface area (Å²) in [6.07, 6.45) is 5.03. The van der Waals surface area contributed by atoms with Gasteiger partial charge in [-0.15, -0.1) is 0 Å². The first-order chi connectivity index (χ1) is 11.2. The zero-order valence-corrected chi connectivity index (χ0v) is 14.5. The van der Waals surface area contributed by atoms with Crippen LogP contribution in [0.2, 0.25) is 0 Å². The van der Waals surface area contributed by atoms with Crippen molar-refractivity contribution in [3.8, 4) is 0 Å². The first-order valence-electron chi connectivity index (χ1n) is 8.87. The van der Waals surface area contributed by atoms with Crippen molar-refractivity contribution in [1.82, 2.24) is 20.1 Å². The summed E-state index contributed by atoms with van der Waals surface area (Å²) >= 11 is 0. The van der Waals surface area contributed by atoms with E-state index in [2.05, 4.69) is 33.9 Å². The Morgan fingerprint density at radius 3 is 2.78 bits per heavy atom. The summed E-state index contributed by atoms with van der Waals surface area (Å²) in [4.78, 5) is 21.6. The van der Waals surface area contributed by atoms with Gasteiger partial charge in [-0.2, -0.15) is 0 Å². The molecule has 0 bridgehead atoms. The van der Waals surface area contributed by atoms with E-state index < -0.39 is 0 Å². The van der Waals surface area contributed by atoms with Crippen LogP contribution in [0, 0.1) is 0 Å². The number of pyridine rings is 1. The summed E-state index contributed by atoms with van der Waals surface area (Å²) in [6, 6.07) is 6.23. The van der Waals surface area contributed by atoms with Crippen molar-refractivity contribution in [2.45, 2.75) is 45.7 Å². The van der Waals surface area contributed by atoms with Gasteiger partial charge in [-0.05, 0) is 57.6 Å². The topological polar surface area (TPSA) is 48.5 Å². The molecule has 1 amide bonds. The molecule has 1 unspecified atom stereocenters. The van der Waals surface area contributed by atoms with Crippen molar-refractivity contribution in [3.63, 3.8) is 0 Å². The van der Waals surface area contributed by atoms with Crippen LogP contribution in [0.4, 0.5) is 0 Å². The zero-order valence-electron chi connectivity index (χ0n) is 14.5. The van der Waals surface area contributed by atoms with Crippen LogP contribution < -0.4 is 5.32 Å². The van der Waals surface area contributed by atoms with Crippen LogP contribution in [-0.4, -0.2) is 59.5 Å². The van der Waals surface area contributed by atoms with Crippen LogP contribution in [0.3, 0.4) is 0 Å². The first kappa shape index (κ1) is 17.9. The number of hydrogen-bond donors (Lipinski definition) is 1. The maximum Gasteiger partial charge on any atom is 0.237 e. The Kier molecular flexibility index (Phi) is 7.49. The number of nitrogens with zero attached hydrogens (tertiary/aromatic N) is 3. The van der Waals surface area contributed by atoms with Gasteiger partial charge in [0.2, 0.25) is 5.91 Å². The number of nitrogens with one attached hydrogen (secondary N) is 1. The van der Waals surface area contributed by atoms with Crippen molar-refractivity contribution in [2.75, 3.05) is 32.7 Å². The standard InChI is InChI=1S/C18H30N4O/c1-3-21(4-2)15-18(23)22(14-16-8-5-6-12-20-16)17-9-7-11-19-13-10-17/h5-6,8,12,17,19H,3-4,7,9-11,13-15H2,1-2H3. The summed E-state index contributed by atoms with van der Waals surface area (Å²) in [5.41, 5.74) is 0.970. The average molecular weight is 318 g/mol. The minimum Gasteiger partial charge on any atom is -0.333 e. The molecule has 23 heavy (non-hydrogen) atoms. The molecule has 1 aliphatic rings. The highest BCUT2D eigenvalue weighted by atomic mass is 16.2. The molecule has 5 nitrogen and oxygen atoms in total. The number of likely N-dealkylation sites (N-methyl/N-ethyl adjacent to an activating group) is 1. The molecule has 1 atom stereocenters. The number of carbonyl (C=O) groups excluding carboxylic acids is 1. The molecule has 0 aliphatic carbocycles. The molecule has 1 aromatic rings. The van der Waals surface area contributed by atoms with Crippen molar-refractivity contribution in [1.29, 1.82) is 0 Å². The van der Waals surface area contributed by atoms with Crippen LogP contribution in [0.5, 0.6) is 0 Å². The van der Waals surface area contributed by atoms with E-state index in [0.717, 1.165) is 51.1 Å². The Bertz CT molecular complexity index is 453. The van der Waals surface area contributed by atoms with Crippen molar-refractivity contribution in [3.05, 3.63) is 30.1 Å². The summed E-state index contributed by atoms with van der Waals surface area (Å²) in [5.74, 6) is 0.228. The quantitative estimate of drug-likeness (QED) is 0.834. The number of carbonyl (C=O) groups is 1. The van der Waals surface area contributed by atoms with E-state index in [4.69, 9.17) is 0 Å². The van der Waals surface area contributed by atoms with Crippen molar-refractivity contribution in [2.24, 2.45) is 0 Å². The van der Waals surface area contributed by atoms with Gasteiger partial charge >= 0.3 is 0 Å². The maximum absolute atomic E-state index is 12.9. The third kappa shape index (κ3) is 5.59. The Balaban J connectivity index is 2.10. The molecule has 128 valence electrons. The zero-order chi connectivity index (χ0) is 16.5. The largest absolute Gasteiger partial charge is 0.333 e. The molecule has 0 radical (unpaired) electrons. The van der Waals surface area contributed by atoms with Gasteiger partial charge in [-0.3, -0.25) is 14.7 Å².